The minimum absolute atomic E-state index is 0. The Morgan fingerprint density at radius 3 is 1.39 bits per heavy atom. The van der Waals surface area contributed by atoms with E-state index in [-0.39, 0.29) is 23.7 Å². The molecule has 0 aliphatic rings. The summed E-state index contributed by atoms with van der Waals surface area (Å²) in [7, 11) is 0. The predicted octanol–water partition coefficient (Wildman–Crippen LogP) is 7.77. The van der Waals surface area contributed by atoms with E-state index in [1.807, 2.05) is 43.0 Å². The van der Waals surface area contributed by atoms with Crippen LogP contribution in [0.15, 0.2) is 73.4 Å². The minimum atomic E-state index is 0. The summed E-state index contributed by atoms with van der Waals surface area (Å²) in [5.41, 5.74) is 4.44. The molecule has 3 heterocycles. The lowest BCUT2D eigenvalue weighted by Gasteiger charge is -2.17. The second-order valence-electron chi connectivity index (χ2n) is 10.4. The summed E-state index contributed by atoms with van der Waals surface area (Å²) < 4.78 is 0. The van der Waals surface area contributed by atoms with E-state index in [1.165, 1.54) is 11.1 Å². The van der Waals surface area contributed by atoms with Gasteiger partial charge in [0, 0.05) is 42.1 Å². The highest BCUT2D eigenvalue weighted by Crippen LogP contribution is 2.21. The molecule has 0 amide bonds. The third-order valence-electron chi connectivity index (χ3n) is 4.51. The maximum absolute atomic E-state index is 4.25. The van der Waals surface area contributed by atoms with Crippen LogP contribution in [0.4, 0.5) is 0 Å². The summed E-state index contributed by atoms with van der Waals surface area (Å²) in [4.78, 5) is 12.3. The average molecular weight is 422 g/mol. The Hall–Kier alpha value is -2.55. The molecule has 3 rings (SSSR count). The van der Waals surface area contributed by atoms with Gasteiger partial charge in [-0.1, -0.05) is 81.9 Å². The Kier molecular flexibility index (Phi) is 11.3. The zero-order valence-electron chi connectivity index (χ0n) is 20.3. The van der Waals surface area contributed by atoms with Crippen LogP contribution >= 0.6 is 0 Å². The summed E-state index contributed by atoms with van der Waals surface area (Å²) >= 11 is 0. The van der Waals surface area contributed by atoms with Crippen LogP contribution in [0.25, 0.3) is 0 Å². The molecule has 0 spiro atoms. The third kappa shape index (κ3) is 11.4. The standard InChI is InChI=1S/3C9H13N.CH4/c1-9(2,3)8-4-6-10-7-5-8;1-9(2,3)8-5-4-6-10-7-8;1-9(2,3)8-6-4-5-7-10-8;/h3*4-7H,1-3H3;1H4. The fraction of sp³-hybridized carbons (Fsp3) is 0.464. The van der Waals surface area contributed by atoms with Crippen LogP contribution in [0.2, 0.25) is 0 Å². The molecule has 0 unspecified atom stereocenters. The molecule has 0 aromatic carbocycles. The van der Waals surface area contributed by atoms with Crippen molar-refractivity contribution in [2.24, 2.45) is 0 Å². The molecule has 31 heavy (non-hydrogen) atoms. The van der Waals surface area contributed by atoms with Crippen molar-refractivity contribution in [3.63, 3.8) is 0 Å². The van der Waals surface area contributed by atoms with Gasteiger partial charge in [0.2, 0.25) is 0 Å². The van der Waals surface area contributed by atoms with E-state index in [9.17, 15) is 0 Å². The van der Waals surface area contributed by atoms with Gasteiger partial charge in [-0.15, -0.1) is 0 Å². The normalized spacial score (nSPS) is 11.1. The second kappa shape index (κ2) is 12.3. The number of aromatic nitrogens is 3. The van der Waals surface area contributed by atoms with Gasteiger partial charge in [0.25, 0.3) is 0 Å². The molecule has 3 aromatic rings. The molecule has 3 aromatic heterocycles. The largest absolute Gasteiger partial charge is 0.265 e. The molecule has 3 nitrogen and oxygen atoms in total. The van der Waals surface area contributed by atoms with Crippen molar-refractivity contribution in [3.05, 3.63) is 90.3 Å². The van der Waals surface area contributed by atoms with Gasteiger partial charge >= 0.3 is 0 Å². The fourth-order valence-electron chi connectivity index (χ4n) is 2.46. The van der Waals surface area contributed by atoms with E-state index in [2.05, 4.69) is 102 Å². The van der Waals surface area contributed by atoms with E-state index in [0.29, 0.717) is 0 Å². The first kappa shape index (κ1) is 28.5. The number of rotatable bonds is 0. The van der Waals surface area contributed by atoms with E-state index in [1.54, 1.807) is 6.20 Å². The molecule has 0 saturated carbocycles. The Bertz CT molecular complexity index is 705. The highest BCUT2D eigenvalue weighted by Gasteiger charge is 2.13. The van der Waals surface area contributed by atoms with Gasteiger partial charge in [-0.25, -0.2) is 0 Å². The number of hydrogen-bond acceptors (Lipinski definition) is 3. The SMILES string of the molecule is C.CC(C)(C)c1ccccn1.CC(C)(C)c1cccnc1.CC(C)(C)c1ccncc1. The van der Waals surface area contributed by atoms with Crippen molar-refractivity contribution in [1.29, 1.82) is 0 Å². The van der Waals surface area contributed by atoms with Gasteiger partial charge < -0.3 is 0 Å². The third-order valence-corrected chi connectivity index (χ3v) is 4.51. The first-order valence-corrected chi connectivity index (χ1v) is 10.5. The molecule has 0 atom stereocenters. The fourth-order valence-corrected chi connectivity index (χ4v) is 2.46. The van der Waals surface area contributed by atoms with E-state index < -0.39 is 0 Å². The molecule has 3 heteroatoms. The topological polar surface area (TPSA) is 38.7 Å². The van der Waals surface area contributed by atoms with Gasteiger partial charge in [-0.2, -0.15) is 0 Å². The van der Waals surface area contributed by atoms with Crippen LogP contribution < -0.4 is 0 Å². The molecular weight excluding hydrogens is 378 g/mol. The number of nitrogens with zero attached hydrogens (tertiary/aromatic N) is 3. The van der Waals surface area contributed by atoms with Crippen LogP contribution in [0, 0.1) is 0 Å². The van der Waals surface area contributed by atoms with Crippen molar-refractivity contribution in [2.45, 2.75) is 86.0 Å². The molecule has 0 bridgehead atoms. The van der Waals surface area contributed by atoms with Crippen molar-refractivity contribution in [2.75, 3.05) is 0 Å². The monoisotopic (exact) mass is 421 g/mol. The van der Waals surface area contributed by atoms with Crippen molar-refractivity contribution in [1.82, 2.24) is 15.0 Å². The molecule has 0 aliphatic heterocycles. The van der Waals surface area contributed by atoms with Gasteiger partial charge in [0.05, 0.1) is 0 Å². The highest BCUT2D eigenvalue weighted by atomic mass is 14.7. The summed E-state index contributed by atoms with van der Waals surface area (Å²) in [5, 5.41) is 0. The van der Waals surface area contributed by atoms with E-state index >= 15 is 0 Å². The Balaban J connectivity index is 0.000000429. The zero-order valence-corrected chi connectivity index (χ0v) is 20.3. The first-order valence-electron chi connectivity index (χ1n) is 10.5. The van der Waals surface area contributed by atoms with E-state index in [4.69, 9.17) is 0 Å². The maximum Gasteiger partial charge on any atom is 0.0457 e. The summed E-state index contributed by atoms with van der Waals surface area (Å²) in [6.07, 6.45) is 9.22. The first-order chi connectivity index (χ1) is 13.8. The quantitative estimate of drug-likeness (QED) is 0.372. The second-order valence-corrected chi connectivity index (χ2v) is 10.4. The van der Waals surface area contributed by atoms with Crippen LogP contribution in [0.3, 0.4) is 0 Å². The summed E-state index contributed by atoms with van der Waals surface area (Å²) in [6, 6.07) is 14.2. The summed E-state index contributed by atoms with van der Waals surface area (Å²) in [5.74, 6) is 0. The Morgan fingerprint density at radius 2 is 1.10 bits per heavy atom. The molecule has 0 saturated heterocycles. The molecule has 170 valence electrons. The lowest BCUT2D eigenvalue weighted by molar-refractivity contribution is 0.569. The minimum Gasteiger partial charge on any atom is -0.265 e. The van der Waals surface area contributed by atoms with Gasteiger partial charge in [-0.05, 0) is 52.3 Å². The van der Waals surface area contributed by atoms with Crippen LogP contribution in [-0.4, -0.2) is 15.0 Å². The molecule has 0 N–H and O–H groups in total. The molecule has 0 aliphatic carbocycles. The van der Waals surface area contributed by atoms with Gasteiger partial charge in [-0.3, -0.25) is 15.0 Å². The van der Waals surface area contributed by atoms with Gasteiger partial charge in [0.15, 0.2) is 0 Å². The average Bonchev–Trinajstić information content (AvgIpc) is 2.69. The van der Waals surface area contributed by atoms with Crippen molar-refractivity contribution >= 4 is 0 Å². The lowest BCUT2D eigenvalue weighted by atomic mass is 9.88. The Morgan fingerprint density at radius 1 is 0.516 bits per heavy atom. The zero-order chi connectivity index (χ0) is 22.8. The number of pyridine rings is 3. The molecular formula is C28H43N3. The van der Waals surface area contributed by atoms with Gasteiger partial charge in [0.1, 0.15) is 0 Å². The van der Waals surface area contributed by atoms with E-state index in [0.717, 1.165) is 5.69 Å². The molecule has 0 fully saturated rings. The van der Waals surface area contributed by atoms with Crippen molar-refractivity contribution < 1.29 is 0 Å². The van der Waals surface area contributed by atoms with Crippen molar-refractivity contribution in [3.8, 4) is 0 Å². The predicted molar refractivity (Wildman–Crippen MR) is 136 cm³/mol. The summed E-state index contributed by atoms with van der Waals surface area (Å²) in [6.45, 7) is 19.6. The number of hydrogen-bond donors (Lipinski definition) is 0. The Labute approximate surface area is 191 Å². The lowest BCUT2D eigenvalue weighted by Crippen LogP contribution is -2.12. The van der Waals surface area contributed by atoms with Crippen LogP contribution in [0.1, 0.15) is 86.6 Å². The van der Waals surface area contributed by atoms with Crippen LogP contribution in [0.5, 0.6) is 0 Å². The van der Waals surface area contributed by atoms with Crippen LogP contribution in [-0.2, 0) is 16.2 Å². The molecule has 0 radical (unpaired) electrons. The smallest absolute Gasteiger partial charge is 0.0457 e. The highest BCUT2D eigenvalue weighted by molar-refractivity contribution is 5.19. The maximum atomic E-state index is 4.25.